The second-order valence-electron chi connectivity index (χ2n) is 6.51. The maximum Gasteiger partial charge on any atom is 0.340 e. The Labute approximate surface area is 182 Å². The summed E-state index contributed by atoms with van der Waals surface area (Å²) in [5.41, 5.74) is 2.31. The van der Waals surface area contributed by atoms with Gasteiger partial charge in [0, 0.05) is 11.3 Å². The zero-order valence-electron chi connectivity index (χ0n) is 16.9. The Morgan fingerprint density at radius 3 is 2.58 bits per heavy atom. The lowest BCUT2D eigenvalue weighted by Gasteiger charge is -2.16. The van der Waals surface area contributed by atoms with Gasteiger partial charge >= 0.3 is 5.97 Å². The number of rotatable bonds is 6. The van der Waals surface area contributed by atoms with Crippen molar-refractivity contribution in [2.24, 2.45) is 5.10 Å². The lowest BCUT2D eigenvalue weighted by atomic mass is 10.1. The van der Waals surface area contributed by atoms with Crippen LogP contribution in [0.2, 0.25) is 0 Å². The van der Waals surface area contributed by atoms with Crippen molar-refractivity contribution < 1.29 is 18.7 Å². The third-order valence-corrected chi connectivity index (χ3v) is 5.44. The van der Waals surface area contributed by atoms with Crippen molar-refractivity contribution in [3.8, 4) is 17.1 Å². The highest BCUT2D eigenvalue weighted by Gasteiger charge is 2.25. The summed E-state index contributed by atoms with van der Waals surface area (Å²) in [6, 6.07) is 13.3. The van der Waals surface area contributed by atoms with Crippen molar-refractivity contribution in [1.29, 1.82) is 0 Å². The molecule has 0 N–H and O–H groups in total. The zero-order chi connectivity index (χ0) is 21.8. The molecule has 2 aromatic carbocycles. The molecule has 9 heteroatoms. The Hall–Kier alpha value is -3.46. The van der Waals surface area contributed by atoms with E-state index in [1.807, 2.05) is 24.3 Å². The van der Waals surface area contributed by atoms with Gasteiger partial charge in [-0.1, -0.05) is 23.9 Å². The number of carbonyl (C=O) groups is 1. The lowest BCUT2D eigenvalue weighted by Crippen LogP contribution is -2.21. The molecule has 1 aliphatic heterocycles. The third-order valence-electron chi connectivity index (χ3n) is 4.51. The van der Waals surface area contributed by atoms with E-state index in [9.17, 15) is 9.18 Å². The number of methoxy groups -OCH3 is 1. The molecular weight excluding hydrogens is 419 g/mol. The fraction of sp³-hybridized carbons (Fsp3) is 0.182. The minimum atomic E-state index is -0.492. The molecule has 2 heterocycles. The van der Waals surface area contributed by atoms with Crippen molar-refractivity contribution >= 4 is 29.5 Å². The first-order chi connectivity index (χ1) is 15.1. The second-order valence-corrected chi connectivity index (χ2v) is 7.45. The van der Waals surface area contributed by atoms with E-state index in [1.165, 1.54) is 23.9 Å². The van der Waals surface area contributed by atoms with Gasteiger partial charge in [0.15, 0.2) is 5.82 Å². The molecule has 4 rings (SSSR count). The van der Waals surface area contributed by atoms with Gasteiger partial charge < -0.3 is 9.47 Å². The molecule has 0 radical (unpaired) electrons. The van der Waals surface area contributed by atoms with Crippen molar-refractivity contribution in [3.63, 3.8) is 0 Å². The minimum absolute atomic E-state index is 0.231. The lowest BCUT2D eigenvalue weighted by molar-refractivity contribution is -0.137. The van der Waals surface area contributed by atoms with Gasteiger partial charge in [-0.15, -0.1) is 10.2 Å². The van der Waals surface area contributed by atoms with Crippen LogP contribution in [0.25, 0.3) is 17.5 Å². The van der Waals surface area contributed by atoms with Crippen LogP contribution in [-0.4, -0.2) is 46.0 Å². The Morgan fingerprint density at radius 1 is 1.16 bits per heavy atom. The molecule has 0 fully saturated rings. The quantitative estimate of drug-likeness (QED) is 0.427. The Morgan fingerprint density at radius 2 is 1.90 bits per heavy atom. The number of esters is 1. The number of aromatic nitrogens is 3. The van der Waals surface area contributed by atoms with Crippen LogP contribution in [0.4, 0.5) is 4.39 Å². The molecular formula is C22H19FN4O3S. The summed E-state index contributed by atoms with van der Waals surface area (Å²) in [4.78, 5) is 12.7. The van der Waals surface area contributed by atoms with E-state index < -0.39 is 5.97 Å². The maximum absolute atomic E-state index is 13.3. The number of hydrogen-bond acceptors (Lipinski definition) is 7. The van der Waals surface area contributed by atoms with Crippen LogP contribution in [0, 0.1) is 5.82 Å². The van der Waals surface area contributed by atoms with E-state index in [0.717, 1.165) is 11.3 Å². The fourth-order valence-electron chi connectivity index (χ4n) is 2.97. The fourth-order valence-corrected chi connectivity index (χ4v) is 3.80. The Kier molecular flexibility index (Phi) is 6.13. The van der Waals surface area contributed by atoms with Crippen LogP contribution < -0.4 is 4.74 Å². The monoisotopic (exact) mass is 438 g/mol. The highest BCUT2D eigenvalue weighted by atomic mass is 32.2. The molecule has 0 saturated carbocycles. The third kappa shape index (κ3) is 4.51. The number of ether oxygens (including phenoxy) is 2. The molecule has 7 nitrogen and oxygen atoms in total. The molecule has 31 heavy (non-hydrogen) atoms. The molecule has 0 atom stereocenters. The molecule has 0 spiro atoms. The summed E-state index contributed by atoms with van der Waals surface area (Å²) >= 11 is 1.42. The van der Waals surface area contributed by atoms with Gasteiger partial charge in [-0.2, -0.15) is 9.78 Å². The van der Waals surface area contributed by atoms with Crippen molar-refractivity contribution in [2.75, 3.05) is 19.5 Å². The summed E-state index contributed by atoms with van der Waals surface area (Å²) in [7, 11) is 1.60. The Bertz CT molecular complexity index is 1150. The van der Waals surface area contributed by atoms with Gasteiger partial charge in [0.05, 0.1) is 25.0 Å². The van der Waals surface area contributed by atoms with Gasteiger partial charge in [-0.3, -0.25) is 0 Å². The summed E-state index contributed by atoms with van der Waals surface area (Å²) in [5.74, 6) is 0.860. The number of hydrogen-bond donors (Lipinski definition) is 0. The molecule has 3 aromatic rings. The van der Waals surface area contributed by atoms with Gasteiger partial charge in [0.25, 0.3) is 0 Å². The van der Waals surface area contributed by atoms with Crippen LogP contribution in [0.15, 0.2) is 64.4 Å². The minimum Gasteiger partial charge on any atom is -0.497 e. The predicted molar refractivity (Wildman–Crippen MR) is 117 cm³/mol. The first-order valence-corrected chi connectivity index (χ1v) is 10.5. The van der Waals surface area contributed by atoms with E-state index >= 15 is 0 Å². The number of benzene rings is 2. The normalized spacial score (nSPS) is 13.4. The average Bonchev–Trinajstić information content (AvgIpc) is 3.22. The molecule has 0 amide bonds. The van der Waals surface area contributed by atoms with E-state index in [0.29, 0.717) is 33.6 Å². The predicted octanol–water partition coefficient (Wildman–Crippen LogP) is 4.05. The van der Waals surface area contributed by atoms with E-state index in [-0.39, 0.29) is 12.4 Å². The van der Waals surface area contributed by atoms with E-state index in [1.54, 1.807) is 36.9 Å². The maximum atomic E-state index is 13.3. The summed E-state index contributed by atoms with van der Waals surface area (Å²) in [6.07, 6.45) is 1.65. The van der Waals surface area contributed by atoms with Gasteiger partial charge in [0.1, 0.15) is 11.6 Å². The molecule has 158 valence electrons. The summed E-state index contributed by atoms with van der Waals surface area (Å²) in [5, 5.41) is 13.7. The first-order valence-electron chi connectivity index (χ1n) is 9.54. The molecule has 0 saturated heterocycles. The van der Waals surface area contributed by atoms with Gasteiger partial charge in [-0.25, -0.2) is 9.18 Å². The number of nitrogens with zero attached hydrogens (tertiary/aromatic N) is 4. The first kappa shape index (κ1) is 20.8. The summed E-state index contributed by atoms with van der Waals surface area (Å²) in [6.45, 7) is 1.97. The number of fused-ring (bicyclic) bond motifs is 1. The molecule has 1 aliphatic rings. The average molecular weight is 438 g/mol. The van der Waals surface area contributed by atoms with Crippen LogP contribution in [0.1, 0.15) is 12.5 Å². The molecule has 0 aliphatic carbocycles. The Balaban J connectivity index is 1.75. The van der Waals surface area contributed by atoms with E-state index in [2.05, 4.69) is 15.3 Å². The van der Waals surface area contributed by atoms with E-state index in [4.69, 9.17) is 9.47 Å². The highest BCUT2D eigenvalue weighted by molar-refractivity contribution is 7.99. The highest BCUT2D eigenvalue weighted by Crippen LogP contribution is 2.30. The topological polar surface area (TPSA) is 78.6 Å². The molecule has 0 bridgehead atoms. The molecule has 0 unspecified atom stereocenters. The van der Waals surface area contributed by atoms with Gasteiger partial charge in [-0.05, 0) is 55.0 Å². The molecule has 1 aromatic heterocycles. The number of carbonyl (C=O) groups excluding carboxylic acids is 1. The SMILES string of the molecule is CCOC(=O)C(=Cc1ccc(F)cc1)C1=Nn2c(nnc2-c2ccc(OC)cc2)SC1. The van der Waals surface area contributed by atoms with Crippen molar-refractivity contribution in [1.82, 2.24) is 14.9 Å². The summed E-state index contributed by atoms with van der Waals surface area (Å²) < 4.78 is 25.3. The number of halogens is 1. The zero-order valence-corrected chi connectivity index (χ0v) is 17.7. The largest absolute Gasteiger partial charge is 0.497 e. The van der Waals surface area contributed by atoms with Gasteiger partial charge in [0.2, 0.25) is 5.16 Å². The smallest absolute Gasteiger partial charge is 0.340 e. The standard InChI is InChI=1S/C22H19FN4O3S/c1-3-30-21(28)18(12-14-4-8-16(23)9-5-14)19-13-31-22-25-24-20(27(22)26-19)15-6-10-17(29-2)11-7-15/h4-12H,3,13H2,1-2H3. The van der Waals surface area contributed by atoms with Crippen LogP contribution in [0.3, 0.4) is 0 Å². The van der Waals surface area contributed by atoms with Crippen LogP contribution >= 0.6 is 11.8 Å². The van der Waals surface area contributed by atoms with Crippen LogP contribution in [-0.2, 0) is 9.53 Å². The second kappa shape index (κ2) is 9.13. The van der Waals surface area contributed by atoms with Crippen molar-refractivity contribution in [3.05, 3.63) is 65.5 Å². The number of thioether (sulfide) groups is 1. The van der Waals surface area contributed by atoms with Crippen molar-refractivity contribution in [2.45, 2.75) is 12.1 Å². The van der Waals surface area contributed by atoms with Crippen LogP contribution in [0.5, 0.6) is 5.75 Å².